The molecule has 0 aliphatic rings. The van der Waals surface area contributed by atoms with Gasteiger partial charge in [0.15, 0.2) is 12.0 Å². The number of fused-ring (bicyclic) bond motifs is 1. The molecule has 0 fully saturated rings. The van der Waals surface area contributed by atoms with Crippen molar-refractivity contribution in [3.05, 3.63) is 65.5 Å². The quantitative estimate of drug-likeness (QED) is 0.260. The van der Waals surface area contributed by atoms with Crippen LogP contribution in [0.2, 0.25) is 0 Å². The molecule has 0 spiro atoms. The molecule has 0 saturated carbocycles. The third kappa shape index (κ3) is 2.92. The number of imidazole rings is 1. The zero-order valence-corrected chi connectivity index (χ0v) is 13.7. The van der Waals surface area contributed by atoms with Gasteiger partial charge in [0.25, 0.3) is 5.03 Å². The van der Waals surface area contributed by atoms with Gasteiger partial charge in [0, 0.05) is 19.2 Å². The average molecular weight is 338 g/mol. The number of aryl methyl sites for hydroxylation is 1. The van der Waals surface area contributed by atoms with Crippen molar-refractivity contribution < 1.29 is 9.84 Å². The average Bonchev–Trinajstić information content (AvgIpc) is 2.92. The number of nitrogens with zero attached hydrogens (tertiary/aromatic N) is 4. The van der Waals surface area contributed by atoms with Crippen LogP contribution in [0.4, 0.5) is 0 Å². The third-order valence-electron chi connectivity index (χ3n) is 3.56. The second-order valence-corrected chi connectivity index (χ2v) is 6.07. The second kappa shape index (κ2) is 6.64. The first kappa shape index (κ1) is 15.9. The summed E-state index contributed by atoms with van der Waals surface area (Å²) in [7, 11) is 1.80. The third-order valence-corrected chi connectivity index (χ3v) is 4.59. The summed E-state index contributed by atoms with van der Waals surface area (Å²) < 4.78 is 2.49. The maximum absolute atomic E-state index is 11.6. The molecule has 7 heteroatoms. The molecule has 2 heterocycles. The Hall–Kier alpha value is -2.98. The topological polar surface area (TPSA) is 88.8 Å². The molecule has 1 N–H and O–H groups in total. The van der Waals surface area contributed by atoms with Crippen LogP contribution >= 0.6 is 11.8 Å². The van der Waals surface area contributed by atoms with Crippen LogP contribution in [0, 0.1) is 16.5 Å². The highest BCUT2D eigenvalue weighted by Gasteiger charge is 2.17. The second-order valence-electron chi connectivity index (χ2n) is 5.07. The van der Waals surface area contributed by atoms with Crippen molar-refractivity contribution in [3.63, 3.8) is 0 Å². The van der Waals surface area contributed by atoms with E-state index in [1.165, 1.54) is 6.20 Å². The molecular formula is C17H14N4O2S. The lowest BCUT2D eigenvalue weighted by molar-refractivity contribution is -0.645. The Labute approximate surface area is 142 Å². The van der Waals surface area contributed by atoms with Crippen molar-refractivity contribution in [1.82, 2.24) is 9.55 Å². The number of benzene rings is 1. The lowest BCUT2D eigenvalue weighted by atomic mass is 10.2. The van der Waals surface area contributed by atoms with E-state index in [9.17, 15) is 15.6 Å². The molecule has 6 nitrogen and oxygen atoms in total. The number of hydrogen-bond acceptors (Lipinski definition) is 5. The summed E-state index contributed by atoms with van der Waals surface area (Å²) in [4.78, 5) is 4.42. The number of hydrogen-bond donors (Lipinski definition) is 1. The molecule has 3 rings (SSSR count). The summed E-state index contributed by atoms with van der Waals surface area (Å²) in [5, 5.41) is 31.9. The lowest BCUT2D eigenvalue weighted by Crippen LogP contribution is -2.27. The van der Waals surface area contributed by atoms with Crippen LogP contribution in [0.5, 0.6) is 0 Å². The molecule has 120 valence electrons. The Kier molecular flexibility index (Phi) is 4.40. The smallest absolute Gasteiger partial charge is 0.251 e. The minimum absolute atomic E-state index is 0.106. The number of pyridine rings is 1. The van der Waals surface area contributed by atoms with Crippen molar-refractivity contribution in [2.45, 2.75) is 5.03 Å². The Morgan fingerprint density at radius 1 is 1.33 bits per heavy atom. The van der Waals surface area contributed by atoms with Gasteiger partial charge in [0.1, 0.15) is 17.4 Å². The first-order chi connectivity index (χ1) is 11.6. The van der Waals surface area contributed by atoms with Gasteiger partial charge in [-0.1, -0.05) is 12.1 Å². The number of aromatic nitrogens is 3. The molecule has 0 amide bonds. The van der Waals surface area contributed by atoms with Gasteiger partial charge in [-0.05, 0) is 30.0 Å². The zero-order chi connectivity index (χ0) is 17.1. The highest BCUT2D eigenvalue weighted by Crippen LogP contribution is 2.24. The Morgan fingerprint density at radius 2 is 2.08 bits per heavy atom. The predicted molar refractivity (Wildman–Crippen MR) is 92.0 cm³/mol. The van der Waals surface area contributed by atoms with Crippen molar-refractivity contribution in [2.75, 3.05) is 5.75 Å². The standard InChI is InChI=1S/C17H14N4O2S/c1-20-14-7-3-2-6-13(14)19-17(20)12(10-18)15(22)11-24-16-8-4-5-9-21(16)23/h2-9,22H,11H2,1H3/b15-12+. The minimum atomic E-state index is -0.107. The molecule has 2 aromatic heterocycles. The van der Waals surface area contributed by atoms with Crippen LogP contribution in [0.3, 0.4) is 0 Å². The number of rotatable bonds is 4. The molecule has 0 saturated heterocycles. The minimum Gasteiger partial charge on any atom is -0.618 e. The zero-order valence-electron chi connectivity index (χ0n) is 12.9. The number of para-hydroxylation sites is 2. The molecule has 24 heavy (non-hydrogen) atoms. The summed E-state index contributed by atoms with van der Waals surface area (Å²) >= 11 is 1.16. The fourth-order valence-corrected chi connectivity index (χ4v) is 3.14. The van der Waals surface area contributed by atoms with Crippen LogP contribution in [-0.2, 0) is 7.05 Å². The number of allylic oxidation sites excluding steroid dienone is 1. The van der Waals surface area contributed by atoms with Crippen LogP contribution in [-0.4, -0.2) is 20.4 Å². The SMILES string of the molecule is Cn1c(/C(C#N)=C(/O)CSc2cccc[n+]2[O-])nc2ccccc21. The van der Waals surface area contributed by atoms with E-state index in [4.69, 9.17) is 0 Å². The van der Waals surface area contributed by atoms with Crippen LogP contribution in [0.15, 0.2) is 59.4 Å². The molecule has 3 aromatic rings. The number of nitriles is 1. The van der Waals surface area contributed by atoms with Gasteiger partial charge in [0.05, 0.1) is 16.8 Å². The number of thioether (sulfide) groups is 1. The monoisotopic (exact) mass is 338 g/mol. The van der Waals surface area contributed by atoms with E-state index >= 15 is 0 Å². The molecule has 0 bridgehead atoms. The Balaban J connectivity index is 1.94. The van der Waals surface area contributed by atoms with Crippen molar-refractivity contribution in [2.24, 2.45) is 7.05 Å². The molecular weight excluding hydrogens is 324 g/mol. The molecule has 0 radical (unpaired) electrons. The van der Waals surface area contributed by atoms with E-state index in [2.05, 4.69) is 4.98 Å². The van der Waals surface area contributed by atoms with Gasteiger partial charge >= 0.3 is 0 Å². The van der Waals surface area contributed by atoms with Gasteiger partial charge in [-0.25, -0.2) is 4.98 Å². The maximum atomic E-state index is 11.6. The summed E-state index contributed by atoms with van der Waals surface area (Å²) in [6, 6.07) is 14.6. The molecule has 0 aliphatic heterocycles. The fourth-order valence-electron chi connectivity index (χ4n) is 2.35. The Morgan fingerprint density at radius 3 is 2.79 bits per heavy atom. The van der Waals surface area contributed by atoms with Gasteiger partial charge < -0.3 is 14.9 Å². The summed E-state index contributed by atoms with van der Waals surface area (Å²) in [5.74, 6) is 0.405. The molecule has 0 atom stereocenters. The van der Waals surface area contributed by atoms with E-state index in [0.29, 0.717) is 10.9 Å². The van der Waals surface area contributed by atoms with Crippen molar-refractivity contribution in [3.8, 4) is 6.07 Å². The molecule has 0 aliphatic carbocycles. The molecule has 1 aromatic carbocycles. The van der Waals surface area contributed by atoms with Crippen LogP contribution in [0.25, 0.3) is 16.6 Å². The van der Waals surface area contributed by atoms with E-state index in [-0.39, 0.29) is 17.1 Å². The van der Waals surface area contributed by atoms with Gasteiger partial charge in [0.2, 0.25) is 0 Å². The van der Waals surface area contributed by atoms with Gasteiger partial charge in [-0.2, -0.15) is 9.99 Å². The van der Waals surface area contributed by atoms with Crippen LogP contribution in [0.1, 0.15) is 5.82 Å². The van der Waals surface area contributed by atoms with Crippen LogP contribution < -0.4 is 4.73 Å². The van der Waals surface area contributed by atoms with Gasteiger partial charge in [-0.15, -0.1) is 0 Å². The summed E-state index contributed by atoms with van der Waals surface area (Å²) in [6.45, 7) is 0. The molecule has 0 unspecified atom stereocenters. The summed E-state index contributed by atoms with van der Waals surface area (Å²) in [6.07, 6.45) is 1.39. The van der Waals surface area contributed by atoms with Gasteiger partial charge in [-0.3, -0.25) is 0 Å². The summed E-state index contributed by atoms with van der Waals surface area (Å²) in [5.41, 5.74) is 1.74. The fraction of sp³-hybridized carbons (Fsp3) is 0.118. The van der Waals surface area contributed by atoms with E-state index in [0.717, 1.165) is 27.5 Å². The van der Waals surface area contributed by atoms with Crippen molar-refractivity contribution in [1.29, 1.82) is 5.26 Å². The lowest BCUT2D eigenvalue weighted by Gasteiger charge is -2.05. The predicted octanol–water partition coefficient (Wildman–Crippen LogP) is 2.79. The maximum Gasteiger partial charge on any atom is 0.251 e. The van der Waals surface area contributed by atoms with E-state index in [1.807, 2.05) is 30.3 Å². The Bertz CT molecular complexity index is 972. The largest absolute Gasteiger partial charge is 0.618 e. The number of aliphatic hydroxyl groups excluding tert-OH is 1. The highest BCUT2D eigenvalue weighted by atomic mass is 32.2. The number of aliphatic hydroxyl groups is 1. The van der Waals surface area contributed by atoms with E-state index in [1.54, 1.807) is 29.8 Å². The first-order valence-electron chi connectivity index (χ1n) is 7.17. The van der Waals surface area contributed by atoms with Crippen molar-refractivity contribution >= 4 is 28.4 Å². The first-order valence-corrected chi connectivity index (χ1v) is 8.15. The normalized spacial score (nSPS) is 12.0. The highest BCUT2D eigenvalue weighted by molar-refractivity contribution is 7.99. The van der Waals surface area contributed by atoms with E-state index < -0.39 is 0 Å².